The number of carbonyl (C=O) groups is 3. The Morgan fingerprint density at radius 1 is 1.14 bits per heavy atom. The highest BCUT2D eigenvalue weighted by atomic mass is 16.4. The average Bonchev–Trinajstić information content (AvgIpc) is 2.49. The molecular weight excluding hydrogens is 270 g/mol. The highest BCUT2D eigenvalue weighted by molar-refractivity contribution is 5.84. The third-order valence-electron chi connectivity index (χ3n) is 3.22. The molecule has 0 radical (unpaired) electrons. The van der Waals surface area contributed by atoms with Crippen molar-refractivity contribution in [3.8, 4) is 0 Å². The van der Waals surface area contributed by atoms with Crippen molar-refractivity contribution in [2.75, 3.05) is 0 Å². The molecule has 0 spiro atoms. The van der Waals surface area contributed by atoms with Gasteiger partial charge in [-0.25, -0.2) is 4.79 Å². The van der Waals surface area contributed by atoms with Gasteiger partial charge in [-0.3, -0.25) is 9.59 Å². The normalized spacial score (nSPS) is 11.7. The molecule has 1 rings (SSSR count). The molecule has 0 heterocycles. The second-order valence-corrected chi connectivity index (χ2v) is 4.87. The summed E-state index contributed by atoms with van der Waals surface area (Å²) in [5.41, 5.74) is 1.03. The molecular formula is C16H21NO4. The van der Waals surface area contributed by atoms with E-state index in [1.54, 1.807) is 6.92 Å². The van der Waals surface area contributed by atoms with Crippen LogP contribution in [0, 0.1) is 0 Å². The predicted octanol–water partition coefficient (Wildman–Crippen LogP) is 1.95. The summed E-state index contributed by atoms with van der Waals surface area (Å²) in [6, 6.07) is 8.52. The van der Waals surface area contributed by atoms with Gasteiger partial charge in [0.05, 0.1) is 0 Å². The molecule has 0 aliphatic heterocycles. The smallest absolute Gasteiger partial charge is 0.326 e. The Morgan fingerprint density at radius 3 is 2.38 bits per heavy atom. The fourth-order valence-corrected chi connectivity index (χ4v) is 1.91. The van der Waals surface area contributed by atoms with Crippen LogP contribution in [0.5, 0.6) is 0 Å². The molecule has 0 fully saturated rings. The molecule has 1 amide bonds. The van der Waals surface area contributed by atoms with Crippen molar-refractivity contribution in [2.24, 2.45) is 0 Å². The Morgan fingerprint density at radius 2 is 1.81 bits per heavy atom. The minimum absolute atomic E-state index is 0.000200. The number of benzene rings is 1. The van der Waals surface area contributed by atoms with Crippen molar-refractivity contribution < 1.29 is 19.5 Å². The molecule has 0 aliphatic carbocycles. The molecule has 2 N–H and O–H groups in total. The number of nitrogens with one attached hydrogen (secondary N) is 1. The predicted molar refractivity (Wildman–Crippen MR) is 78.9 cm³/mol. The van der Waals surface area contributed by atoms with Crippen molar-refractivity contribution >= 4 is 17.7 Å². The Labute approximate surface area is 124 Å². The van der Waals surface area contributed by atoms with Crippen LogP contribution in [0.4, 0.5) is 0 Å². The van der Waals surface area contributed by atoms with Crippen LogP contribution in [0.15, 0.2) is 30.3 Å². The number of amides is 1. The molecule has 0 aliphatic rings. The number of hydrogen-bond acceptors (Lipinski definition) is 3. The third-order valence-corrected chi connectivity index (χ3v) is 3.22. The van der Waals surface area contributed by atoms with Crippen molar-refractivity contribution in [1.82, 2.24) is 5.32 Å². The standard InChI is InChI=1S/C16H21NO4/c1-2-13(18)9-10-14(16(20)21)17-15(19)11-8-12-6-4-3-5-7-12/h3-7,14H,2,8-11H2,1H3,(H,17,19)(H,20,21)/t14-/m1/s1. The van der Waals surface area contributed by atoms with Crippen molar-refractivity contribution in [2.45, 2.75) is 45.1 Å². The molecule has 1 atom stereocenters. The van der Waals surface area contributed by atoms with Crippen molar-refractivity contribution in [3.05, 3.63) is 35.9 Å². The first-order valence-corrected chi connectivity index (χ1v) is 7.10. The quantitative estimate of drug-likeness (QED) is 0.728. The van der Waals surface area contributed by atoms with Crippen LogP contribution in [0.3, 0.4) is 0 Å². The minimum Gasteiger partial charge on any atom is -0.480 e. The maximum atomic E-state index is 11.8. The fourth-order valence-electron chi connectivity index (χ4n) is 1.91. The van der Waals surface area contributed by atoms with Gasteiger partial charge in [0.1, 0.15) is 11.8 Å². The summed E-state index contributed by atoms with van der Waals surface area (Å²) < 4.78 is 0. The first-order chi connectivity index (χ1) is 10.0. The summed E-state index contributed by atoms with van der Waals surface area (Å²) >= 11 is 0. The summed E-state index contributed by atoms with van der Waals surface area (Å²) in [6.07, 6.45) is 1.49. The van der Waals surface area contributed by atoms with E-state index in [0.717, 1.165) is 5.56 Å². The maximum absolute atomic E-state index is 11.8. The lowest BCUT2D eigenvalue weighted by atomic mass is 10.1. The first-order valence-electron chi connectivity index (χ1n) is 7.10. The molecule has 21 heavy (non-hydrogen) atoms. The molecule has 0 saturated carbocycles. The summed E-state index contributed by atoms with van der Waals surface area (Å²) in [5.74, 6) is -1.41. The Kier molecular flexibility index (Phi) is 7.15. The number of aryl methyl sites for hydroxylation is 1. The van der Waals surface area contributed by atoms with Crippen molar-refractivity contribution in [3.63, 3.8) is 0 Å². The lowest BCUT2D eigenvalue weighted by Crippen LogP contribution is -2.41. The summed E-state index contributed by atoms with van der Waals surface area (Å²) in [4.78, 5) is 34.1. The number of ketones is 1. The number of Topliss-reactive ketones (excluding diaryl/α,β-unsaturated/α-hetero) is 1. The third kappa shape index (κ3) is 6.70. The first kappa shape index (κ1) is 16.9. The molecule has 0 unspecified atom stereocenters. The van der Waals surface area contributed by atoms with E-state index >= 15 is 0 Å². The molecule has 5 nitrogen and oxygen atoms in total. The Bertz CT molecular complexity index is 484. The zero-order valence-electron chi connectivity index (χ0n) is 12.2. The second-order valence-electron chi connectivity index (χ2n) is 4.87. The van der Waals surface area contributed by atoms with E-state index in [-0.39, 0.29) is 31.0 Å². The summed E-state index contributed by atoms with van der Waals surface area (Å²) in [6.45, 7) is 1.73. The van der Waals surface area contributed by atoms with E-state index < -0.39 is 12.0 Å². The van der Waals surface area contributed by atoms with Crippen LogP contribution in [-0.4, -0.2) is 28.8 Å². The second kappa shape index (κ2) is 8.89. The van der Waals surface area contributed by atoms with Gasteiger partial charge in [0, 0.05) is 19.3 Å². The van der Waals surface area contributed by atoms with Gasteiger partial charge >= 0.3 is 5.97 Å². The number of carbonyl (C=O) groups excluding carboxylic acids is 2. The largest absolute Gasteiger partial charge is 0.480 e. The van der Waals surface area contributed by atoms with Gasteiger partial charge < -0.3 is 10.4 Å². The highest BCUT2D eigenvalue weighted by Gasteiger charge is 2.20. The molecule has 0 saturated heterocycles. The number of carboxylic acids is 1. The van der Waals surface area contributed by atoms with Crippen LogP contribution in [0.2, 0.25) is 0 Å². The fraction of sp³-hybridized carbons (Fsp3) is 0.438. The summed E-state index contributed by atoms with van der Waals surface area (Å²) in [7, 11) is 0. The van der Waals surface area contributed by atoms with Gasteiger partial charge in [0.15, 0.2) is 0 Å². The van der Waals surface area contributed by atoms with Gasteiger partial charge in [-0.15, -0.1) is 0 Å². The van der Waals surface area contributed by atoms with E-state index in [9.17, 15) is 14.4 Å². The molecule has 5 heteroatoms. The van der Waals surface area contributed by atoms with E-state index in [2.05, 4.69) is 5.32 Å². The number of rotatable bonds is 9. The van der Waals surface area contributed by atoms with E-state index in [1.165, 1.54) is 0 Å². The van der Waals surface area contributed by atoms with Crippen LogP contribution < -0.4 is 5.32 Å². The highest BCUT2D eigenvalue weighted by Crippen LogP contribution is 2.05. The zero-order valence-corrected chi connectivity index (χ0v) is 12.2. The Balaban J connectivity index is 2.41. The average molecular weight is 291 g/mol. The lowest BCUT2D eigenvalue weighted by molar-refractivity contribution is -0.142. The SMILES string of the molecule is CCC(=O)CC[C@@H](NC(=O)CCc1ccccc1)C(=O)O. The topological polar surface area (TPSA) is 83.5 Å². The molecule has 0 aromatic heterocycles. The van der Waals surface area contributed by atoms with Gasteiger partial charge in [0.2, 0.25) is 5.91 Å². The van der Waals surface area contributed by atoms with Crippen molar-refractivity contribution in [1.29, 1.82) is 0 Å². The Hall–Kier alpha value is -2.17. The number of hydrogen-bond donors (Lipinski definition) is 2. The molecule has 1 aromatic rings. The maximum Gasteiger partial charge on any atom is 0.326 e. The van der Waals surface area contributed by atoms with Gasteiger partial charge in [-0.1, -0.05) is 37.3 Å². The van der Waals surface area contributed by atoms with Crippen LogP contribution in [0.1, 0.15) is 38.2 Å². The lowest BCUT2D eigenvalue weighted by Gasteiger charge is -2.14. The zero-order chi connectivity index (χ0) is 15.7. The molecule has 1 aromatic carbocycles. The van der Waals surface area contributed by atoms with Crippen LogP contribution >= 0.6 is 0 Å². The van der Waals surface area contributed by atoms with Crippen LogP contribution in [-0.2, 0) is 20.8 Å². The number of aliphatic carboxylic acids is 1. The van der Waals surface area contributed by atoms with E-state index in [1.807, 2.05) is 30.3 Å². The molecule has 0 bridgehead atoms. The van der Waals surface area contributed by atoms with Gasteiger partial charge in [-0.05, 0) is 18.4 Å². The minimum atomic E-state index is -1.10. The monoisotopic (exact) mass is 291 g/mol. The summed E-state index contributed by atoms with van der Waals surface area (Å²) in [5, 5.41) is 11.5. The van der Waals surface area contributed by atoms with Crippen LogP contribution in [0.25, 0.3) is 0 Å². The van der Waals surface area contributed by atoms with Gasteiger partial charge in [-0.2, -0.15) is 0 Å². The van der Waals surface area contributed by atoms with Gasteiger partial charge in [0.25, 0.3) is 0 Å². The number of carboxylic acid groups (broad SMARTS) is 1. The van der Waals surface area contributed by atoms with E-state index in [0.29, 0.717) is 12.8 Å². The van der Waals surface area contributed by atoms with E-state index in [4.69, 9.17) is 5.11 Å². The molecule has 114 valence electrons.